The number of carbonyl (C=O) groups excluding carboxylic acids is 1. The standard InChI is InChI=1S/C16H14BrNO5/c1-21-12-5-3-11(4-6-12)16(19)23-15-13(17)7-10(9-18-20)8-14(15)22-2/h3-9,20H,1-2H3/b18-9+. The number of hydrogen-bond acceptors (Lipinski definition) is 6. The minimum Gasteiger partial charge on any atom is -0.497 e. The van der Waals surface area contributed by atoms with Gasteiger partial charge in [-0.05, 0) is 52.3 Å². The first-order valence-corrected chi connectivity index (χ1v) is 7.29. The van der Waals surface area contributed by atoms with E-state index in [1.807, 2.05) is 0 Å². The van der Waals surface area contributed by atoms with E-state index in [0.717, 1.165) is 0 Å². The molecule has 2 aromatic rings. The van der Waals surface area contributed by atoms with Gasteiger partial charge in [0.05, 0.1) is 30.5 Å². The van der Waals surface area contributed by atoms with Crippen molar-refractivity contribution in [2.24, 2.45) is 5.16 Å². The number of halogens is 1. The van der Waals surface area contributed by atoms with Crippen LogP contribution < -0.4 is 14.2 Å². The van der Waals surface area contributed by atoms with Crippen LogP contribution in [-0.4, -0.2) is 31.6 Å². The molecular weight excluding hydrogens is 366 g/mol. The Morgan fingerprint density at radius 3 is 2.43 bits per heavy atom. The number of ether oxygens (including phenoxy) is 3. The average Bonchev–Trinajstić information content (AvgIpc) is 2.57. The van der Waals surface area contributed by atoms with Crippen LogP contribution in [0.4, 0.5) is 0 Å². The largest absolute Gasteiger partial charge is 0.497 e. The van der Waals surface area contributed by atoms with Crippen molar-refractivity contribution in [1.29, 1.82) is 0 Å². The van der Waals surface area contributed by atoms with E-state index >= 15 is 0 Å². The van der Waals surface area contributed by atoms with Crippen LogP contribution in [0, 0.1) is 0 Å². The van der Waals surface area contributed by atoms with Gasteiger partial charge in [0, 0.05) is 5.56 Å². The summed E-state index contributed by atoms with van der Waals surface area (Å²) in [6, 6.07) is 9.77. The Balaban J connectivity index is 2.29. The summed E-state index contributed by atoms with van der Waals surface area (Å²) in [5.41, 5.74) is 0.959. The van der Waals surface area contributed by atoms with Gasteiger partial charge in [0.15, 0.2) is 11.5 Å². The molecule has 2 rings (SSSR count). The fraction of sp³-hybridized carbons (Fsp3) is 0.125. The molecule has 23 heavy (non-hydrogen) atoms. The van der Waals surface area contributed by atoms with Gasteiger partial charge in [0.1, 0.15) is 5.75 Å². The van der Waals surface area contributed by atoms with Crippen molar-refractivity contribution in [2.45, 2.75) is 0 Å². The number of benzene rings is 2. The number of oxime groups is 1. The molecule has 120 valence electrons. The van der Waals surface area contributed by atoms with Gasteiger partial charge in [0.25, 0.3) is 0 Å². The summed E-state index contributed by atoms with van der Waals surface area (Å²) in [4.78, 5) is 12.2. The van der Waals surface area contributed by atoms with Gasteiger partial charge in [-0.15, -0.1) is 0 Å². The van der Waals surface area contributed by atoms with Crippen LogP contribution in [0.2, 0.25) is 0 Å². The fourth-order valence-electron chi connectivity index (χ4n) is 1.86. The van der Waals surface area contributed by atoms with E-state index in [1.54, 1.807) is 43.5 Å². The lowest BCUT2D eigenvalue weighted by molar-refractivity contribution is 0.0728. The summed E-state index contributed by atoms with van der Waals surface area (Å²) in [6.07, 6.45) is 1.24. The Bertz CT molecular complexity index is 728. The molecule has 0 atom stereocenters. The fourth-order valence-corrected chi connectivity index (χ4v) is 2.40. The molecule has 0 bridgehead atoms. The Morgan fingerprint density at radius 2 is 1.87 bits per heavy atom. The third kappa shape index (κ3) is 4.01. The highest BCUT2D eigenvalue weighted by atomic mass is 79.9. The van der Waals surface area contributed by atoms with Crippen LogP contribution in [0.5, 0.6) is 17.2 Å². The minimum absolute atomic E-state index is 0.239. The first kappa shape index (κ1) is 16.8. The molecule has 0 saturated carbocycles. The van der Waals surface area contributed by atoms with Crippen molar-refractivity contribution in [3.05, 3.63) is 52.0 Å². The van der Waals surface area contributed by atoms with Gasteiger partial charge in [-0.25, -0.2) is 4.79 Å². The zero-order valence-electron chi connectivity index (χ0n) is 12.4. The van der Waals surface area contributed by atoms with E-state index in [0.29, 0.717) is 27.1 Å². The third-order valence-corrected chi connectivity index (χ3v) is 3.57. The summed E-state index contributed by atoms with van der Waals surface area (Å²) < 4.78 is 16.2. The number of hydrogen-bond donors (Lipinski definition) is 1. The van der Waals surface area contributed by atoms with E-state index in [-0.39, 0.29) is 5.75 Å². The second-order valence-electron chi connectivity index (χ2n) is 4.40. The van der Waals surface area contributed by atoms with E-state index in [1.165, 1.54) is 13.3 Å². The topological polar surface area (TPSA) is 77.4 Å². The van der Waals surface area contributed by atoms with Gasteiger partial charge >= 0.3 is 5.97 Å². The van der Waals surface area contributed by atoms with E-state index in [9.17, 15) is 4.79 Å². The lowest BCUT2D eigenvalue weighted by atomic mass is 10.2. The van der Waals surface area contributed by atoms with Crippen molar-refractivity contribution in [1.82, 2.24) is 0 Å². The first-order chi connectivity index (χ1) is 11.1. The quantitative estimate of drug-likeness (QED) is 0.283. The zero-order chi connectivity index (χ0) is 16.8. The van der Waals surface area contributed by atoms with Crippen molar-refractivity contribution in [3.63, 3.8) is 0 Å². The zero-order valence-corrected chi connectivity index (χ0v) is 14.0. The normalized spacial score (nSPS) is 10.6. The Hall–Kier alpha value is -2.54. The first-order valence-electron chi connectivity index (χ1n) is 6.50. The summed E-state index contributed by atoms with van der Waals surface area (Å²) >= 11 is 3.31. The van der Waals surface area contributed by atoms with Gasteiger partial charge in [-0.3, -0.25) is 0 Å². The predicted octanol–water partition coefficient (Wildman–Crippen LogP) is 3.49. The highest BCUT2D eigenvalue weighted by Crippen LogP contribution is 2.36. The SMILES string of the molecule is COc1ccc(C(=O)Oc2c(Br)cc(/C=N/O)cc2OC)cc1. The minimum atomic E-state index is -0.532. The van der Waals surface area contributed by atoms with Crippen LogP contribution in [0.3, 0.4) is 0 Å². The molecule has 0 aliphatic carbocycles. The van der Waals surface area contributed by atoms with Crippen LogP contribution in [0.15, 0.2) is 46.0 Å². The lowest BCUT2D eigenvalue weighted by Gasteiger charge is -2.12. The maximum absolute atomic E-state index is 12.2. The molecule has 0 amide bonds. The summed E-state index contributed by atoms with van der Waals surface area (Å²) in [5, 5.41) is 11.6. The maximum Gasteiger partial charge on any atom is 0.343 e. The van der Waals surface area contributed by atoms with Crippen LogP contribution in [-0.2, 0) is 0 Å². The van der Waals surface area contributed by atoms with Crippen LogP contribution in [0.25, 0.3) is 0 Å². The van der Waals surface area contributed by atoms with Crippen LogP contribution >= 0.6 is 15.9 Å². The molecule has 6 nitrogen and oxygen atoms in total. The highest BCUT2D eigenvalue weighted by Gasteiger charge is 2.16. The molecule has 0 spiro atoms. The second kappa shape index (κ2) is 7.64. The molecule has 7 heteroatoms. The van der Waals surface area contributed by atoms with E-state index in [4.69, 9.17) is 19.4 Å². The Morgan fingerprint density at radius 1 is 1.17 bits per heavy atom. The van der Waals surface area contributed by atoms with Gasteiger partial charge < -0.3 is 19.4 Å². The van der Waals surface area contributed by atoms with Crippen molar-refractivity contribution in [2.75, 3.05) is 14.2 Å². The molecular formula is C16H14BrNO5. The number of nitrogens with zero attached hydrogens (tertiary/aromatic N) is 1. The number of esters is 1. The molecule has 1 N–H and O–H groups in total. The third-order valence-electron chi connectivity index (χ3n) is 2.98. The monoisotopic (exact) mass is 379 g/mol. The van der Waals surface area contributed by atoms with Gasteiger partial charge in [0.2, 0.25) is 0 Å². The molecule has 0 unspecified atom stereocenters. The highest BCUT2D eigenvalue weighted by molar-refractivity contribution is 9.10. The van der Waals surface area contributed by atoms with E-state index < -0.39 is 5.97 Å². The van der Waals surface area contributed by atoms with Crippen molar-refractivity contribution in [3.8, 4) is 17.2 Å². The van der Waals surface area contributed by atoms with Crippen molar-refractivity contribution < 1.29 is 24.2 Å². The molecule has 0 fully saturated rings. The predicted molar refractivity (Wildman–Crippen MR) is 88.0 cm³/mol. The average molecular weight is 380 g/mol. The lowest BCUT2D eigenvalue weighted by Crippen LogP contribution is -2.10. The summed E-state index contributed by atoms with van der Waals surface area (Å²) in [5.74, 6) is 0.683. The smallest absolute Gasteiger partial charge is 0.343 e. The summed E-state index contributed by atoms with van der Waals surface area (Å²) in [7, 11) is 3.00. The molecule has 2 aromatic carbocycles. The Labute approximate surface area is 141 Å². The van der Waals surface area contributed by atoms with Crippen LogP contribution in [0.1, 0.15) is 15.9 Å². The summed E-state index contributed by atoms with van der Waals surface area (Å²) in [6.45, 7) is 0. The number of carbonyl (C=O) groups is 1. The van der Waals surface area contributed by atoms with Crippen molar-refractivity contribution >= 4 is 28.1 Å². The molecule has 0 heterocycles. The van der Waals surface area contributed by atoms with Gasteiger partial charge in [-0.2, -0.15) is 0 Å². The molecule has 0 aliphatic heterocycles. The maximum atomic E-state index is 12.2. The molecule has 0 radical (unpaired) electrons. The Kier molecular flexibility index (Phi) is 5.59. The van der Waals surface area contributed by atoms with Gasteiger partial charge in [-0.1, -0.05) is 5.16 Å². The number of rotatable bonds is 5. The van der Waals surface area contributed by atoms with E-state index in [2.05, 4.69) is 21.1 Å². The number of methoxy groups -OCH3 is 2. The second-order valence-corrected chi connectivity index (χ2v) is 5.25. The molecule has 0 saturated heterocycles. The molecule has 0 aliphatic rings. The molecule has 0 aromatic heterocycles.